The van der Waals surface area contributed by atoms with Gasteiger partial charge in [-0.05, 0) is 20.8 Å². The molecular formula is C7H18PS+. The molecule has 0 aliphatic heterocycles. The Bertz CT molecular complexity index is 51.8. The van der Waals surface area contributed by atoms with Gasteiger partial charge in [-0.2, -0.15) is 0 Å². The second-order valence-corrected chi connectivity index (χ2v) is 9.99. The summed E-state index contributed by atoms with van der Waals surface area (Å²) in [6.45, 7) is 6.49. The molecule has 0 aromatic carbocycles. The Labute approximate surface area is 63.9 Å². The first-order valence-corrected chi connectivity index (χ1v) is 7.84. The van der Waals surface area contributed by atoms with Gasteiger partial charge in [0.1, 0.15) is 0 Å². The first-order chi connectivity index (χ1) is 4.24. The SMILES string of the molecule is CC[P+](CC)(CC)SC. The van der Waals surface area contributed by atoms with Crippen molar-refractivity contribution in [2.24, 2.45) is 0 Å². The molecule has 0 aliphatic carbocycles. The summed E-state index contributed by atoms with van der Waals surface area (Å²) in [6, 6.07) is 0. The normalized spacial score (nSPS) is 12.0. The summed E-state index contributed by atoms with van der Waals surface area (Å²) in [4.78, 5) is 0. The van der Waals surface area contributed by atoms with E-state index in [-0.39, 0.29) is 0 Å². The van der Waals surface area contributed by atoms with Gasteiger partial charge in [0.15, 0.2) is 0 Å². The van der Waals surface area contributed by atoms with Crippen LogP contribution in [0.3, 0.4) is 0 Å². The average Bonchev–Trinajstić information content (AvgIpc) is 1.95. The van der Waals surface area contributed by atoms with Crippen LogP contribution in [0.5, 0.6) is 0 Å². The molecule has 0 aromatic rings. The van der Waals surface area contributed by atoms with Crippen LogP contribution in [0, 0.1) is 0 Å². The number of hydrogen-bond donors (Lipinski definition) is 0. The largest absolute Gasteiger partial charge is 0.0727 e. The highest BCUT2D eigenvalue weighted by molar-refractivity contribution is 8.62. The molecule has 0 aliphatic rings. The van der Waals surface area contributed by atoms with E-state index in [0.717, 1.165) is 0 Å². The molecule has 0 aromatic heterocycles. The van der Waals surface area contributed by atoms with Crippen LogP contribution < -0.4 is 0 Å². The monoisotopic (exact) mass is 165 g/mol. The molecule has 0 spiro atoms. The smallest absolute Gasteiger partial charge is 0.0302 e. The van der Waals surface area contributed by atoms with Gasteiger partial charge in [-0.1, -0.05) is 0 Å². The molecule has 2 heteroatoms. The van der Waals surface area contributed by atoms with Crippen molar-refractivity contribution in [3.8, 4) is 0 Å². The summed E-state index contributed by atoms with van der Waals surface area (Å²) in [6.07, 6.45) is 6.52. The van der Waals surface area contributed by atoms with E-state index < -0.39 is 6.46 Å². The second-order valence-electron chi connectivity index (χ2n) is 2.19. The van der Waals surface area contributed by atoms with E-state index in [9.17, 15) is 0 Å². The van der Waals surface area contributed by atoms with Crippen molar-refractivity contribution in [2.75, 3.05) is 24.7 Å². The lowest BCUT2D eigenvalue weighted by molar-refractivity contribution is 1.34. The Hall–Kier alpha value is 0.780. The third-order valence-corrected chi connectivity index (χ3v) is 11.0. The van der Waals surface area contributed by atoms with E-state index in [2.05, 4.69) is 38.4 Å². The zero-order chi connectivity index (χ0) is 7.33. The Morgan fingerprint density at radius 1 is 1.00 bits per heavy atom. The van der Waals surface area contributed by atoms with Gasteiger partial charge in [0.2, 0.25) is 0 Å². The van der Waals surface area contributed by atoms with E-state index in [1.54, 1.807) is 0 Å². The molecule has 0 nitrogen and oxygen atoms in total. The molecular weight excluding hydrogens is 147 g/mol. The lowest BCUT2D eigenvalue weighted by Gasteiger charge is -2.18. The summed E-state index contributed by atoms with van der Waals surface area (Å²) >= 11 is 2.13. The highest BCUT2D eigenvalue weighted by Gasteiger charge is 2.29. The van der Waals surface area contributed by atoms with Crippen molar-refractivity contribution >= 4 is 17.8 Å². The van der Waals surface area contributed by atoms with Gasteiger partial charge in [0, 0.05) is 17.6 Å². The minimum absolute atomic E-state index is 0.503. The maximum absolute atomic E-state index is 2.33. The second kappa shape index (κ2) is 4.57. The number of rotatable bonds is 4. The van der Waals surface area contributed by atoms with Crippen LogP contribution in [0.15, 0.2) is 0 Å². The average molecular weight is 165 g/mol. The summed E-state index contributed by atoms with van der Waals surface area (Å²) < 4.78 is 0. The molecule has 0 unspecified atom stereocenters. The molecule has 0 saturated carbocycles. The summed E-state index contributed by atoms with van der Waals surface area (Å²) in [7, 11) is 0. The quantitative estimate of drug-likeness (QED) is 0.576. The van der Waals surface area contributed by atoms with Gasteiger partial charge in [-0.25, -0.2) is 0 Å². The maximum Gasteiger partial charge on any atom is 0.0727 e. The highest BCUT2D eigenvalue weighted by Crippen LogP contribution is 2.67. The van der Waals surface area contributed by atoms with Crippen LogP contribution >= 0.6 is 17.8 Å². The Kier molecular flexibility index (Phi) is 4.97. The minimum atomic E-state index is -0.503. The summed E-state index contributed by atoms with van der Waals surface area (Å²) in [5.41, 5.74) is 0. The lowest BCUT2D eigenvalue weighted by atomic mass is 10.9. The lowest BCUT2D eigenvalue weighted by Crippen LogP contribution is -1.96. The van der Waals surface area contributed by atoms with Crippen LogP contribution in [0.1, 0.15) is 20.8 Å². The third-order valence-electron chi connectivity index (χ3n) is 2.12. The summed E-state index contributed by atoms with van der Waals surface area (Å²) in [5, 5.41) is 0. The van der Waals surface area contributed by atoms with E-state index in [1.807, 2.05) is 0 Å². The van der Waals surface area contributed by atoms with Gasteiger partial charge in [-0.15, -0.1) is 0 Å². The summed E-state index contributed by atoms with van der Waals surface area (Å²) in [5.74, 6) is 0. The van der Waals surface area contributed by atoms with Crippen molar-refractivity contribution in [3.05, 3.63) is 0 Å². The van der Waals surface area contributed by atoms with Crippen LogP contribution in [0.2, 0.25) is 0 Å². The highest BCUT2D eigenvalue weighted by atomic mass is 32.7. The van der Waals surface area contributed by atoms with E-state index in [4.69, 9.17) is 0 Å². The van der Waals surface area contributed by atoms with E-state index in [0.29, 0.717) is 0 Å². The molecule has 0 heterocycles. The predicted octanol–water partition coefficient (Wildman–Crippen LogP) is 3.34. The molecule has 0 rings (SSSR count). The zero-order valence-electron chi connectivity index (χ0n) is 6.98. The zero-order valence-corrected chi connectivity index (χ0v) is 8.69. The molecule has 9 heavy (non-hydrogen) atoms. The van der Waals surface area contributed by atoms with E-state index >= 15 is 0 Å². The standard InChI is InChI=1S/C7H18PS/c1-5-8(6-2,7-3)9-4/h5-7H2,1-4H3/q+1. The van der Waals surface area contributed by atoms with Gasteiger partial charge in [0.25, 0.3) is 0 Å². The van der Waals surface area contributed by atoms with Crippen molar-refractivity contribution in [2.45, 2.75) is 20.8 Å². The van der Waals surface area contributed by atoms with Gasteiger partial charge >= 0.3 is 0 Å². The maximum atomic E-state index is 2.33. The van der Waals surface area contributed by atoms with Crippen LogP contribution in [0.4, 0.5) is 0 Å². The van der Waals surface area contributed by atoms with Crippen molar-refractivity contribution < 1.29 is 0 Å². The molecule has 0 bridgehead atoms. The van der Waals surface area contributed by atoms with Crippen molar-refractivity contribution in [1.29, 1.82) is 0 Å². The van der Waals surface area contributed by atoms with Gasteiger partial charge in [-0.3, -0.25) is 0 Å². The fraction of sp³-hybridized carbons (Fsp3) is 1.00. The Balaban J connectivity index is 3.82. The predicted molar refractivity (Wildman–Crippen MR) is 52.1 cm³/mol. The molecule has 0 atom stereocenters. The molecule has 56 valence electrons. The molecule has 0 amide bonds. The fourth-order valence-electron chi connectivity index (χ4n) is 1.06. The van der Waals surface area contributed by atoms with E-state index in [1.165, 1.54) is 18.5 Å². The topological polar surface area (TPSA) is 0 Å². The first kappa shape index (κ1) is 9.78. The third kappa shape index (κ3) is 2.47. The molecule has 0 radical (unpaired) electrons. The first-order valence-electron chi connectivity index (χ1n) is 3.66. The number of hydrogen-bond acceptors (Lipinski definition) is 1. The van der Waals surface area contributed by atoms with Crippen molar-refractivity contribution in [3.63, 3.8) is 0 Å². The van der Waals surface area contributed by atoms with Crippen LogP contribution in [-0.2, 0) is 0 Å². The van der Waals surface area contributed by atoms with Crippen molar-refractivity contribution in [1.82, 2.24) is 0 Å². The van der Waals surface area contributed by atoms with Crippen LogP contribution in [0.25, 0.3) is 0 Å². The Morgan fingerprint density at radius 2 is 1.33 bits per heavy atom. The van der Waals surface area contributed by atoms with Crippen LogP contribution in [-0.4, -0.2) is 24.7 Å². The Morgan fingerprint density at radius 3 is 1.33 bits per heavy atom. The van der Waals surface area contributed by atoms with Gasteiger partial charge in [0.05, 0.1) is 25.0 Å². The fourth-order valence-corrected chi connectivity index (χ4v) is 5.50. The minimum Gasteiger partial charge on any atom is -0.0302 e. The molecule has 0 saturated heterocycles. The van der Waals surface area contributed by atoms with Gasteiger partial charge < -0.3 is 0 Å². The molecule has 0 N–H and O–H groups in total. The molecule has 0 fully saturated rings.